The first-order valence-corrected chi connectivity index (χ1v) is 12.0. The molecular formula is C25H27FN8O3. The van der Waals surface area contributed by atoms with Crippen LogP contribution in [0.3, 0.4) is 0 Å². The van der Waals surface area contributed by atoms with Crippen molar-refractivity contribution in [3.8, 4) is 0 Å². The monoisotopic (exact) mass is 506 g/mol. The first-order valence-electron chi connectivity index (χ1n) is 12.0. The van der Waals surface area contributed by atoms with Crippen LogP contribution in [0.2, 0.25) is 0 Å². The van der Waals surface area contributed by atoms with Crippen LogP contribution >= 0.6 is 0 Å². The minimum atomic E-state index is -0.594. The lowest BCUT2D eigenvalue weighted by Crippen LogP contribution is -2.47. The summed E-state index contributed by atoms with van der Waals surface area (Å²) >= 11 is 0. The molecule has 2 aliphatic rings. The van der Waals surface area contributed by atoms with Gasteiger partial charge in [-0.1, -0.05) is 18.2 Å². The van der Waals surface area contributed by atoms with Gasteiger partial charge in [0.2, 0.25) is 11.9 Å². The maximum absolute atomic E-state index is 15.1. The number of hydrogen-bond donors (Lipinski definition) is 2. The zero-order valence-electron chi connectivity index (χ0n) is 20.3. The molecule has 192 valence electrons. The highest BCUT2D eigenvalue weighted by atomic mass is 19.1. The number of carbonyl (C=O) groups excluding carboxylic acids is 2. The zero-order valence-corrected chi connectivity index (χ0v) is 20.3. The van der Waals surface area contributed by atoms with Crippen LogP contribution in [0.5, 0.6) is 0 Å². The lowest BCUT2D eigenvalue weighted by molar-refractivity contribution is -0.119. The van der Waals surface area contributed by atoms with Gasteiger partial charge in [-0.3, -0.25) is 9.69 Å². The Hall–Kier alpha value is -4.48. The van der Waals surface area contributed by atoms with E-state index in [9.17, 15) is 9.59 Å². The molecule has 12 heteroatoms. The van der Waals surface area contributed by atoms with E-state index < -0.39 is 18.0 Å². The molecule has 3 aromatic rings. The fourth-order valence-electron chi connectivity index (χ4n) is 4.28. The van der Waals surface area contributed by atoms with Crippen molar-refractivity contribution in [2.24, 2.45) is 0 Å². The van der Waals surface area contributed by atoms with Gasteiger partial charge in [-0.05, 0) is 18.2 Å². The van der Waals surface area contributed by atoms with Crippen LogP contribution in [0.15, 0.2) is 54.9 Å². The van der Waals surface area contributed by atoms with Gasteiger partial charge in [-0.15, -0.1) is 0 Å². The summed E-state index contributed by atoms with van der Waals surface area (Å²) in [4.78, 5) is 41.9. The SMILES string of the molecule is CC(=O)NC[C@H]1CN(c2cnc(N3CCN(c4ccnc(Nc5ccccc5)n4)CC3)c(F)c2)C(=O)O1. The lowest BCUT2D eigenvalue weighted by atomic mass is 10.2. The number of carbonyl (C=O) groups is 2. The molecule has 37 heavy (non-hydrogen) atoms. The van der Waals surface area contributed by atoms with Crippen LogP contribution in [-0.4, -0.2) is 72.3 Å². The summed E-state index contributed by atoms with van der Waals surface area (Å²) in [6, 6.07) is 12.9. The summed E-state index contributed by atoms with van der Waals surface area (Å²) in [6.07, 6.45) is 2.09. The molecule has 2 aliphatic heterocycles. The number of benzene rings is 1. The molecule has 0 bridgehead atoms. The summed E-state index contributed by atoms with van der Waals surface area (Å²) < 4.78 is 20.3. The Morgan fingerprint density at radius 1 is 1.11 bits per heavy atom. The molecule has 0 radical (unpaired) electrons. The topological polar surface area (TPSA) is 116 Å². The Morgan fingerprint density at radius 2 is 1.86 bits per heavy atom. The van der Waals surface area contributed by atoms with E-state index in [2.05, 4.69) is 30.5 Å². The van der Waals surface area contributed by atoms with Crippen LogP contribution in [0.4, 0.5) is 38.1 Å². The molecule has 0 saturated carbocycles. The summed E-state index contributed by atoms with van der Waals surface area (Å²) in [5.74, 6) is 0.809. The van der Waals surface area contributed by atoms with Crippen LogP contribution in [0, 0.1) is 5.82 Å². The quantitative estimate of drug-likeness (QED) is 0.499. The van der Waals surface area contributed by atoms with Crippen molar-refractivity contribution in [3.05, 3.63) is 60.7 Å². The van der Waals surface area contributed by atoms with Gasteiger partial charge < -0.3 is 25.2 Å². The number of rotatable bonds is 7. The number of amides is 2. The Bertz CT molecular complexity index is 1270. The number of piperazine rings is 1. The number of nitrogens with zero attached hydrogens (tertiary/aromatic N) is 6. The summed E-state index contributed by atoms with van der Waals surface area (Å²) in [5, 5.41) is 5.82. The van der Waals surface area contributed by atoms with Crippen molar-refractivity contribution in [3.63, 3.8) is 0 Å². The molecule has 2 saturated heterocycles. The molecule has 1 aromatic carbocycles. The van der Waals surface area contributed by atoms with Crippen molar-refractivity contribution < 1.29 is 18.7 Å². The Kier molecular flexibility index (Phi) is 6.97. The smallest absolute Gasteiger partial charge is 0.414 e. The number of nitrogens with one attached hydrogen (secondary N) is 2. The number of aromatic nitrogens is 3. The molecule has 2 amide bonds. The first kappa shape index (κ1) is 24.2. The van der Waals surface area contributed by atoms with Gasteiger partial charge in [0, 0.05) is 51.1 Å². The molecule has 2 fully saturated rings. The minimum Gasteiger partial charge on any atom is -0.442 e. The van der Waals surface area contributed by atoms with Gasteiger partial charge in [-0.2, -0.15) is 4.98 Å². The standard InChI is InChI=1S/C25H27FN8O3/c1-17(35)28-15-20-16-34(25(36)37-20)19-13-21(26)23(29-14-19)33-11-9-32(10-12-33)22-7-8-27-24(31-22)30-18-5-3-2-4-6-18/h2-8,13-14,20H,9-12,15-16H2,1H3,(H,28,35)(H,27,30,31)/t20-/m0/s1. The van der Waals surface area contributed by atoms with Gasteiger partial charge in [0.15, 0.2) is 11.6 Å². The number of pyridine rings is 1. The van der Waals surface area contributed by atoms with Crippen LogP contribution < -0.4 is 25.3 Å². The molecule has 0 spiro atoms. The normalized spacial score (nSPS) is 17.5. The highest BCUT2D eigenvalue weighted by Gasteiger charge is 2.33. The van der Waals surface area contributed by atoms with Gasteiger partial charge >= 0.3 is 6.09 Å². The molecule has 1 atom stereocenters. The second-order valence-corrected chi connectivity index (χ2v) is 8.76. The Morgan fingerprint density at radius 3 is 2.59 bits per heavy atom. The summed E-state index contributed by atoms with van der Waals surface area (Å²) in [6.45, 7) is 4.17. The fourth-order valence-corrected chi connectivity index (χ4v) is 4.28. The van der Waals surface area contributed by atoms with E-state index in [0.717, 1.165) is 11.5 Å². The van der Waals surface area contributed by atoms with Crippen molar-refractivity contribution in [2.75, 3.05) is 59.3 Å². The molecule has 0 aliphatic carbocycles. The number of hydrogen-bond acceptors (Lipinski definition) is 9. The molecular weight excluding hydrogens is 479 g/mol. The van der Waals surface area contributed by atoms with Crippen LogP contribution in [-0.2, 0) is 9.53 Å². The lowest BCUT2D eigenvalue weighted by Gasteiger charge is -2.36. The van der Waals surface area contributed by atoms with E-state index in [4.69, 9.17) is 4.74 Å². The third-order valence-electron chi connectivity index (χ3n) is 6.15. The van der Waals surface area contributed by atoms with E-state index in [1.807, 2.05) is 41.3 Å². The molecule has 2 N–H and O–H groups in total. The third kappa shape index (κ3) is 5.68. The largest absolute Gasteiger partial charge is 0.442 e. The number of cyclic esters (lactones) is 1. The van der Waals surface area contributed by atoms with Gasteiger partial charge in [0.1, 0.15) is 11.9 Å². The van der Waals surface area contributed by atoms with E-state index in [1.165, 1.54) is 24.1 Å². The van der Waals surface area contributed by atoms with E-state index in [0.29, 0.717) is 37.8 Å². The Labute approximate surface area is 213 Å². The van der Waals surface area contributed by atoms with Crippen molar-refractivity contribution in [2.45, 2.75) is 13.0 Å². The van der Waals surface area contributed by atoms with Gasteiger partial charge in [-0.25, -0.2) is 19.2 Å². The summed E-state index contributed by atoms with van der Waals surface area (Å²) in [5.41, 5.74) is 1.22. The highest BCUT2D eigenvalue weighted by Crippen LogP contribution is 2.27. The third-order valence-corrected chi connectivity index (χ3v) is 6.15. The molecule has 11 nitrogen and oxygen atoms in total. The van der Waals surface area contributed by atoms with Crippen LogP contribution in [0.25, 0.3) is 0 Å². The molecule has 4 heterocycles. The second-order valence-electron chi connectivity index (χ2n) is 8.76. The van der Waals surface area contributed by atoms with Crippen molar-refractivity contribution in [1.29, 1.82) is 0 Å². The van der Waals surface area contributed by atoms with Crippen molar-refractivity contribution in [1.82, 2.24) is 20.3 Å². The number of halogens is 1. The highest BCUT2D eigenvalue weighted by molar-refractivity contribution is 5.89. The van der Waals surface area contributed by atoms with Crippen molar-refractivity contribution >= 4 is 41.0 Å². The maximum Gasteiger partial charge on any atom is 0.414 e. The maximum atomic E-state index is 15.1. The number of ether oxygens (including phenoxy) is 1. The zero-order chi connectivity index (χ0) is 25.8. The fraction of sp³-hybridized carbons (Fsp3) is 0.320. The van der Waals surface area contributed by atoms with E-state index in [1.54, 1.807) is 6.20 Å². The number of para-hydroxylation sites is 1. The van der Waals surface area contributed by atoms with E-state index in [-0.39, 0.29) is 24.8 Å². The first-order chi connectivity index (χ1) is 18.0. The average Bonchev–Trinajstić information content (AvgIpc) is 3.29. The Balaban J connectivity index is 1.19. The molecule has 2 aromatic heterocycles. The average molecular weight is 507 g/mol. The molecule has 0 unspecified atom stereocenters. The summed E-state index contributed by atoms with van der Waals surface area (Å²) in [7, 11) is 0. The predicted molar refractivity (Wildman–Crippen MR) is 137 cm³/mol. The van der Waals surface area contributed by atoms with Gasteiger partial charge in [0.05, 0.1) is 25.0 Å². The van der Waals surface area contributed by atoms with Gasteiger partial charge in [0.25, 0.3) is 0 Å². The number of anilines is 5. The molecule has 5 rings (SSSR count). The minimum absolute atomic E-state index is 0.200. The van der Waals surface area contributed by atoms with Crippen LogP contribution in [0.1, 0.15) is 6.92 Å². The second kappa shape index (κ2) is 10.6. The van der Waals surface area contributed by atoms with E-state index >= 15 is 4.39 Å². The predicted octanol–water partition coefficient (Wildman–Crippen LogP) is 2.54.